The Balaban J connectivity index is -0.000000163. The van der Waals surface area contributed by atoms with Crippen LogP contribution in [0.2, 0.25) is 0 Å². The lowest BCUT2D eigenvalue weighted by Gasteiger charge is -2.04. The molecule has 0 aromatic heterocycles. The van der Waals surface area contributed by atoms with Gasteiger partial charge in [0.05, 0.1) is 6.61 Å². The average molecular weight is 277 g/mol. The van der Waals surface area contributed by atoms with Crippen molar-refractivity contribution in [3.8, 4) is 0 Å². The van der Waals surface area contributed by atoms with E-state index >= 15 is 0 Å². The first kappa shape index (κ1) is 30.9. The third-order valence-corrected chi connectivity index (χ3v) is 2.33. The molecule has 0 atom stereocenters. The Morgan fingerprint density at radius 3 is 1.74 bits per heavy atom. The van der Waals surface area contributed by atoms with Gasteiger partial charge in [-0.1, -0.05) is 81.7 Å². The SMILES string of the molecule is C.C.C.C.C=C(C)C(=O)OCCCCCCCCC. The minimum absolute atomic E-state index is 0. The molecule has 2 nitrogen and oxygen atoms in total. The highest BCUT2D eigenvalue weighted by molar-refractivity contribution is 5.86. The predicted molar refractivity (Wildman–Crippen MR) is 90.7 cm³/mol. The summed E-state index contributed by atoms with van der Waals surface area (Å²) in [6.07, 6.45) is 8.66. The van der Waals surface area contributed by atoms with E-state index in [2.05, 4.69) is 13.5 Å². The molecule has 0 heterocycles. The van der Waals surface area contributed by atoms with Crippen LogP contribution in [-0.4, -0.2) is 12.6 Å². The van der Waals surface area contributed by atoms with E-state index in [1.807, 2.05) is 0 Å². The average Bonchev–Trinajstić information content (AvgIpc) is 2.21. The van der Waals surface area contributed by atoms with Crippen LogP contribution in [0.5, 0.6) is 0 Å². The zero-order chi connectivity index (χ0) is 11.5. The van der Waals surface area contributed by atoms with Crippen LogP contribution in [-0.2, 0) is 9.53 Å². The number of hydrogen-bond acceptors (Lipinski definition) is 2. The molecular formula is C17H40O2. The Morgan fingerprint density at radius 1 is 0.895 bits per heavy atom. The minimum Gasteiger partial charge on any atom is -0.462 e. The fourth-order valence-electron chi connectivity index (χ4n) is 1.35. The summed E-state index contributed by atoms with van der Waals surface area (Å²) >= 11 is 0. The summed E-state index contributed by atoms with van der Waals surface area (Å²) < 4.78 is 4.99. The molecule has 120 valence electrons. The summed E-state index contributed by atoms with van der Waals surface area (Å²) in [7, 11) is 0. The van der Waals surface area contributed by atoms with E-state index in [1.165, 1.54) is 32.1 Å². The van der Waals surface area contributed by atoms with E-state index < -0.39 is 0 Å². The monoisotopic (exact) mass is 276 g/mol. The largest absolute Gasteiger partial charge is 0.462 e. The molecule has 0 fully saturated rings. The van der Waals surface area contributed by atoms with Crippen molar-refractivity contribution in [2.75, 3.05) is 6.61 Å². The summed E-state index contributed by atoms with van der Waals surface area (Å²) in [5.41, 5.74) is 0.484. The first-order valence-corrected chi connectivity index (χ1v) is 6.01. The number of unbranched alkanes of at least 4 members (excludes halogenated alkanes) is 6. The van der Waals surface area contributed by atoms with Crippen LogP contribution < -0.4 is 0 Å². The predicted octanol–water partition coefficient (Wildman–Crippen LogP) is 6.40. The van der Waals surface area contributed by atoms with Gasteiger partial charge >= 0.3 is 5.97 Å². The molecule has 0 aromatic rings. The molecule has 0 amide bonds. The number of carbonyl (C=O) groups is 1. The molecule has 0 radical (unpaired) electrons. The molecule has 0 aliphatic heterocycles. The van der Waals surface area contributed by atoms with Crippen molar-refractivity contribution in [3.05, 3.63) is 12.2 Å². The van der Waals surface area contributed by atoms with Crippen molar-refractivity contribution in [1.82, 2.24) is 0 Å². The number of rotatable bonds is 9. The Hall–Kier alpha value is -0.790. The molecule has 0 aliphatic carbocycles. The van der Waals surface area contributed by atoms with Crippen LogP contribution in [0, 0.1) is 0 Å². The van der Waals surface area contributed by atoms with Crippen molar-refractivity contribution in [2.24, 2.45) is 0 Å². The summed E-state index contributed by atoms with van der Waals surface area (Å²) in [6.45, 7) is 7.96. The zero-order valence-electron chi connectivity index (χ0n) is 10.2. The van der Waals surface area contributed by atoms with Crippen molar-refractivity contribution in [2.45, 2.75) is 88.5 Å². The second-order valence-electron chi connectivity index (χ2n) is 4.04. The van der Waals surface area contributed by atoms with Crippen LogP contribution in [0.3, 0.4) is 0 Å². The zero-order valence-corrected chi connectivity index (χ0v) is 10.2. The van der Waals surface area contributed by atoms with Gasteiger partial charge in [-0.05, 0) is 13.3 Å². The van der Waals surface area contributed by atoms with E-state index in [-0.39, 0.29) is 35.7 Å². The maximum atomic E-state index is 11.0. The maximum Gasteiger partial charge on any atom is 0.333 e. The van der Waals surface area contributed by atoms with Gasteiger partial charge in [-0.15, -0.1) is 0 Å². The van der Waals surface area contributed by atoms with Crippen LogP contribution in [0.15, 0.2) is 12.2 Å². The number of carbonyl (C=O) groups excluding carboxylic acids is 1. The summed E-state index contributed by atoms with van der Waals surface area (Å²) in [6, 6.07) is 0. The van der Waals surface area contributed by atoms with Crippen LogP contribution in [0.25, 0.3) is 0 Å². The molecule has 0 aromatic carbocycles. The van der Waals surface area contributed by atoms with Gasteiger partial charge in [-0.2, -0.15) is 0 Å². The molecule has 0 saturated heterocycles. The fraction of sp³-hybridized carbons (Fsp3) is 0.824. The lowest BCUT2D eigenvalue weighted by Crippen LogP contribution is -2.05. The highest BCUT2D eigenvalue weighted by Crippen LogP contribution is 2.07. The van der Waals surface area contributed by atoms with Crippen LogP contribution in [0.1, 0.15) is 88.5 Å². The van der Waals surface area contributed by atoms with E-state index in [1.54, 1.807) is 6.92 Å². The van der Waals surface area contributed by atoms with Gasteiger partial charge in [0.15, 0.2) is 0 Å². The maximum absolute atomic E-state index is 11.0. The molecule has 0 rings (SSSR count). The highest BCUT2D eigenvalue weighted by Gasteiger charge is 2.01. The normalized spacial score (nSPS) is 7.89. The first-order valence-electron chi connectivity index (χ1n) is 6.01. The molecule has 19 heavy (non-hydrogen) atoms. The Kier molecular flexibility index (Phi) is 36.4. The quantitative estimate of drug-likeness (QED) is 0.276. The third-order valence-electron chi connectivity index (χ3n) is 2.33. The van der Waals surface area contributed by atoms with Crippen molar-refractivity contribution in [1.29, 1.82) is 0 Å². The van der Waals surface area contributed by atoms with E-state index in [4.69, 9.17) is 4.74 Å². The van der Waals surface area contributed by atoms with Gasteiger partial charge in [0.1, 0.15) is 0 Å². The highest BCUT2D eigenvalue weighted by atomic mass is 16.5. The van der Waals surface area contributed by atoms with E-state index in [0.717, 1.165) is 12.8 Å². The standard InChI is InChI=1S/C13H24O2.4CH4/c1-4-5-6-7-8-9-10-11-15-13(14)12(2)3;;;;/h2,4-11H2,1,3H3;4*1H4. The Labute approximate surface area is 123 Å². The van der Waals surface area contributed by atoms with Crippen LogP contribution in [0.4, 0.5) is 0 Å². The summed E-state index contributed by atoms with van der Waals surface area (Å²) in [4.78, 5) is 11.0. The Bertz CT molecular complexity index is 186. The molecule has 2 heteroatoms. The summed E-state index contributed by atoms with van der Waals surface area (Å²) in [5, 5.41) is 0. The summed E-state index contributed by atoms with van der Waals surface area (Å²) in [5.74, 6) is -0.263. The molecule has 0 unspecified atom stereocenters. The molecule has 0 saturated carbocycles. The van der Waals surface area contributed by atoms with Gasteiger partial charge in [0.25, 0.3) is 0 Å². The van der Waals surface area contributed by atoms with Crippen LogP contribution >= 0.6 is 0 Å². The van der Waals surface area contributed by atoms with Crippen molar-refractivity contribution >= 4 is 5.97 Å². The Morgan fingerprint density at radius 2 is 1.32 bits per heavy atom. The lowest BCUT2D eigenvalue weighted by atomic mass is 10.1. The van der Waals surface area contributed by atoms with E-state index in [0.29, 0.717) is 12.2 Å². The van der Waals surface area contributed by atoms with Gasteiger partial charge in [0.2, 0.25) is 0 Å². The molecular weight excluding hydrogens is 236 g/mol. The minimum atomic E-state index is -0.263. The number of ether oxygens (including phenoxy) is 1. The first-order chi connectivity index (χ1) is 7.18. The molecule has 0 aliphatic rings. The van der Waals surface area contributed by atoms with Gasteiger partial charge in [-0.3, -0.25) is 0 Å². The third kappa shape index (κ3) is 22.8. The van der Waals surface area contributed by atoms with E-state index in [9.17, 15) is 4.79 Å². The molecule has 0 bridgehead atoms. The van der Waals surface area contributed by atoms with Crippen molar-refractivity contribution in [3.63, 3.8) is 0 Å². The number of esters is 1. The second-order valence-corrected chi connectivity index (χ2v) is 4.04. The smallest absolute Gasteiger partial charge is 0.333 e. The second kappa shape index (κ2) is 22.4. The van der Waals surface area contributed by atoms with Gasteiger partial charge in [-0.25, -0.2) is 4.79 Å². The molecule has 0 spiro atoms. The number of hydrogen-bond donors (Lipinski definition) is 0. The lowest BCUT2D eigenvalue weighted by molar-refractivity contribution is -0.139. The van der Waals surface area contributed by atoms with Gasteiger partial charge in [0, 0.05) is 5.57 Å². The van der Waals surface area contributed by atoms with Crippen molar-refractivity contribution < 1.29 is 9.53 Å². The van der Waals surface area contributed by atoms with Gasteiger partial charge < -0.3 is 4.74 Å². The fourth-order valence-corrected chi connectivity index (χ4v) is 1.35. The topological polar surface area (TPSA) is 26.3 Å². The molecule has 0 N–H and O–H groups in total.